The number of para-hydroxylation sites is 1. The fourth-order valence-corrected chi connectivity index (χ4v) is 2.87. The van der Waals surface area contributed by atoms with Crippen LogP contribution in [-0.2, 0) is 4.79 Å². The fourth-order valence-electron chi connectivity index (χ4n) is 2.87. The highest BCUT2D eigenvalue weighted by molar-refractivity contribution is 5.88. The van der Waals surface area contributed by atoms with E-state index in [9.17, 15) is 9.90 Å². The minimum absolute atomic E-state index is 0.207. The molecule has 2 fully saturated rings. The van der Waals surface area contributed by atoms with Gasteiger partial charge in [0.1, 0.15) is 5.75 Å². The van der Waals surface area contributed by atoms with Crippen LogP contribution in [-0.4, -0.2) is 28.4 Å². The number of rotatable bonds is 2. The van der Waals surface area contributed by atoms with Crippen LogP contribution in [0.1, 0.15) is 37.3 Å². The topological polar surface area (TPSA) is 40.5 Å². The summed E-state index contributed by atoms with van der Waals surface area (Å²) < 4.78 is 0. The number of phenols is 1. The molecule has 3 heteroatoms. The Kier molecular flexibility index (Phi) is 2.63. The van der Waals surface area contributed by atoms with E-state index in [-0.39, 0.29) is 17.6 Å². The second-order valence-electron chi connectivity index (χ2n) is 5.00. The van der Waals surface area contributed by atoms with Crippen molar-refractivity contribution in [1.29, 1.82) is 0 Å². The number of hydrogen-bond donors (Lipinski definition) is 1. The Balaban J connectivity index is 1.93. The van der Waals surface area contributed by atoms with Crippen molar-refractivity contribution >= 4 is 5.78 Å². The lowest BCUT2D eigenvalue weighted by Crippen LogP contribution is -2.40. The molecule has 3 rings (SSSR count). The molecule has 1 saturated carbocycles. The lowest BCUT2D eigenvalue weighted by molar-refractivity contribution is -0.120. The molecule has 2 aliphatic rings. The van der Waals surface area contributed by atoms with Gasteiger partial charge in [-0.3, -0.25) is 9.69 Å². The van der Waals surface area contributed by atoms with Crippen molar-refractivity contribution in [2.24, 2.45) is 0 Å². The Bertz CT molecular complexity index is 440. The van der Waals surface area contributed by atoms with Crippen molar-refractivity contribution in [2.75, 3.05) is 6.54 Å². The minimum atomic E-state index is -0.207. The molecule has 90 valence electrons. The van der Waals surface area contributed by atoms with E-state index in [1.54, 1.807) is 12.1 Å². The summed E-state index contributed by atoms with van der Waals surface area (Å²) in [5, 5.41) is 9.90. The predicted octanol–water partition coefficient (Wildman–Crippen LogP) is 2.26. The number of phenolic OH excluding ortho intramolecular Hbond substituents is 1. The number of likely N-dealkylation sites (tertiary alicyclic amines) is 1. The van der Waals surface area contributed by atoms with E-state index in [1.165, 1.54) is 19.3 Å². The first-order valence-corrected chi connectivity index (χ1v) is 6.34. The summed E-state index contributed by atoms with van der Waals surface area (Å²) in [6.45, 7) is 0.850. The zero-order chi connectivity index (χ0) is 11.8. The largest absolute Gasteiger partial charge is 0.508 e. The number of carbonyl (C=O) groups excluding carboxylic acids is 1. The van der Waals surface area contributed by atoms with E-state index >= 15 is 0 Å². The molecular formula is C14H17NO2. The van der Waals surface area contributed by atoms with Crippen molar-refractivity contribution in [3.63, 3.8) is 0 Å². The summed E-state index contributed by atoms with van der Waals surface area (Å²) in [5.74, 6) is 0.496. The summed E-state index contributed by atoms with van der Waals surface area (Å²) in [5.41, 5.74) is 0.780. The molecular weight excluding hydrogens is 214 g/mol. The van der Waals surface area contributed by atoms with Gasteiger partial charge in [0.25, 0.3) is 0 Å². The molecule has 0 amide bonds. The Labute approximate surface area is 101 Å². The van der Waals surface area contributed by atoms with E-state index in [0.29, 0.717) is 12.5 Å². The molecule has 0 bridgehead atoms. The lowest BCUT2D eigenvalue weighted by Gasteiger charge is -2.38. The quantitative estimate of drug-likeness (QED) is 0.848. The third-order valence-electron chi connectivity index (χ3n) is 4.03. The molecule has 1 heterocycles. The van der Waals surface area contributed by atoms with Crippen LogP contribution in [0.3, 0.4) is 0 Å². The van der Waals surface area contributed by atoms with Crippen LogP contribution in [0, 0.1) is 0 Å². The molecule has 1 N–H and O–H groups in total. The van der Waals surface area contributed by atoms with Gasteiger partial charge in [0, 0.05) is 24.6 Å². The summed E-state index contributed by atoms with van der Waals surface area (Å²) in [6, 6.07) is 7.56. The number of nitrogens with zero attached hydrogens (tertiary/aromatic N) is 1. The van der Waals surface area contributed by atoms with Gasteiger partial charge in [-0.25, -0.2) is 0 Å². The van der Waals surface area contributed by atoms with Gasteiger partial charge in [0.05, 0.1) is 6.04 Å². The lowest BCUT2D eigenvalue weighted by atomic mass is 9.90. The molecule has 17 heavy (non-hydrogen) atoms. The van der Waals surface area contributed by atoms with Crippen LogP contribution in [0.15, 0.2) is 24.3 Å². The SMILES string of the molecule is O=C1CCN(C2CCC2)C1c1ccccc1O. The van der Waals surface area contributed by atoms with E-state index in [0.717, 1.165) is 12.1 Å². The highest BCUT2D eigenvalue weighted by atomic mass is 16.3. The molecule has 0 spiro atoms. The van der Waals surface area contributed by atoms with Gasteiger partial charge in [-0.15, -0.1) is 0 Å². The molecule has 0 radical (unpaired) electrons. The molecule has 1 aromatic carbocycles. The van der Waals surface area contributed by atoms with Crippen molar-refractivity contribution < 1.29 is 9.90 Å². The van der Waals surface area contributed by atoms with E-state index in [2.05, 4.69) is 4.90 Å². The molecule has 3 nitrogen and oxygen atoms in total. The summed E-state index contributed by atoms with van der Waals surface area (Å²) in [4.78, 5) is 14.3. The smallest absolute Gasteiger partial charge is 0.155 e. The van der Waals surface area contributed by atoms with E-state index in [1.807, 2.05) is 12.1 Å². The standard InChI is InChI=1S/C14H17NO2/c16-12-7-2-1-6-11(12)14-13(17)8-9-15(14)10-4-3-5-10/h1-2,6-7,10,14,16H,3-5,8-9H2. The fraction of sp³-hybridized carbons (Fsp3) is 0.500. The van der Waals surface area contributed by atoms with Crippen LogP contribution in [0.5, 0.6) is 5.75 Å². The monoisotopic (exact) mass is 231 g/mol. The van der Waals surface area contributed by atoms with Crippen LogP contribution in [0.4, 0.5) is 0 Å². The Morgan fingerprint density at radius 2 is 2.00 bits per heavy atom. The zero-order valence-electron chi connectivity index (χ0n) is 9.80. The first-order valence-electron chi connectivity index (χ1n) is 6.34. The van der Waals surface area contributed by atoms with Gasteiger partial charge < -0.3 is 5.11 Å². The summed E-state index contributed by atoms with van der Waals surface area (Å²) in [7, 11) is 0. The normalized spacial score (nSPS) is 26.1. The number of carbonyl (C=O) groups is 1. The zero-order valence-corrected chi connectivity index (χ0v) is 9.80. The average Bonchev–Trinajstić information content (AvgIpc) is 2.59. The van der Waals surface area contributed by atoms with Crippen LogP contribution in [0.25, 0.3) is 0 Å². The van der Waals surface area contributed by atoms with Crippen LogP contribution in [0.2, 0.25) is 0 Å². The first-order chi connectivity index (χ1) is 8.27. The Morgan fingerprint density at radius 3 is 2.65 bits per heavy atom. The second kappa shape index (κ2) is 4.15. The molecule has 1 atom stereocenters. The third-order valence-corrected chi connectivity index (χ3v) is 4.03. The van der Waals surface area contributed by atoms with Gasteiger partial charge in [-0.1, -0.05) is 24.6 Å². The molecule has 1 aromatic rings. The van der Waals surface area contributed by atoms with E-state index in [4.69, 9.17) is 0 Å². The van der Waals surface area contributed by atoms with E-state index < -0.39 is 0 Å². The highest BCUT2D eigenvalue weighted by Gasteiger charge is 2.40. The number of ketones is 1. The van der Waals surface area contributed by atoms with Crippen molar-refractivity contribution in [3.8, 4) is 5.75 Å². The molecule has 1 aliphatic heterocycles. The molecule has 1 saturated heterocycles. The summed E-state index contributed by atoms with van der Waals surface area (Å²) >= 11 is 0. The first kappa shape index (κ1) is 10.8. The van der Waals surface area contributed by atoms with Gasteiger partial charge in [0.2, 0.25) is 0 Å². The van der Waals surface area contributed by atoms with Crippen LogP contribution >= 0.6 is 0 Å². The van der Waals surface area contributed by atoms with Gasteiger partial charge in [-0.2, -0.15) is 0 Å². The maximum absolute atomic E-state index is 12.0. The van der Waals surface area contributed by atoms with Crippen LogP contribution < -0.4 is 0 Å². The maximum Gasteiger partial charge on any atom is 0.155 e. The number of hydrogen-bond acceptors (Lipinski definition) is 3. The second-order valence-corrected chi connectivity index (χ2v) is 5.00. The Morgan fingerprint density at radius 1 is 1.24 bits per heavy atom. The number of Topliss-reactive ketones (excluding diaryl/α,β-unsaturated/α-hetero) is 1. The highest BCUT2D eigenvalue weighted by Crippen LogP contribution is 2.39. The van der Waals surface area contributed by atoms with Gasteiger partial charge >= 0.3 is 0 Å². The predicted molar refractivity (Wildman–Crippen MR) is 64.8 cm³/mol. The number of benzene rings is 1. The molecule has 1 aliphatic carbocycles. The number of aromatic hydroxyl groups is 1. The maximum atomic E-state index is 12.0. The van der Waals surface area contributed by atoms with Gasteiger partial charge in [-0.05, 0) is 18.9 Å². The molecule has 1 unspecified atom stereocenters. The average molecular weight is 231 g/mol. The third kappa shape index (κ3) is 1.75. The van der Waals surface area contributed by atoms with Crippen molar-refractivity contribution in [1.82, 2.24) is 4.90 Å². The summed E-state index contributed by atoms with van der Waals surface area (Å²) in [6.07, 6.45) is 4.27. The Hall–Kier alpha value is -1.35. The minimum Gasteiger partial charge on any atom is -0.508 e. The van der Waals surface area contributed by atoms with Crippen molar-refractivity contribution in [3.05, 3.63) is 29.8 Å². The van der Waals surface area contributed by atoms with Gasteiger partial charge in [0.15, 0.2) is 5.78 Å². The van der Waals surface area contributed by atoms with Crippen molar-refractivity contribution in [2.45, 2.75) is 37.8 Å². The molecule has 0 aromatic heterocycles.